The maximum absolute atomic E-state index is 13.1. The van der Waals surface area contributed by atoms with Crippen molar-refractivity contribution in [2.45, 2.75) is 51.4 Å². The lowest BCUT2D eigenvalue weighted by Crippen LogP contribution is -2.39. The molecule has 0 aromatic heterocycles. The third-order valence-corrected chi connectivity index (χ3v) is 5.63. The number of rotatable bonds is 7. The van der Waals surface area contributed by atoms with Gasteiger partial charge in [0.15, 0.2) is 6.61 Å². The van der Waals surface area contributed by atoms with Crippen molar-refractivity contribution in [3.8, 4) is 17.6 Å². The van der Waals surface area contributed by atoms with Crippen molar-refractivity contribution in [2.75, 3.05) is 33.4 Å². The van der Waals surface area contributed by atoms with Gasteiger partial charge < -0.3 is 14.6 Å². The van der Waals surface area contributed by atoms with E-state index >= 15 is 0 Å². The van der Waals surface area contributed by atoms with Crippen LogP contribution in [0.4, 0.5) is 0 Å². The van der Waals surface area contributed by atoms with Crippen molar-refractivity contribution in [2.24, 2.45) is 0 Å². The zero-order valence-electron chi connectivity index (χ0n) is 17.6. The average molecular weight is 402 g/mol. The molecule has 158 valence electrons. The molecule has 1 aromatic carbocycles. The number of carbonyl (C=O) groups excluding carboxylic acids is 2. The van der Waals surface area contributed by atoms with Crippen LogP contribution in [-0.4, -0.2) is 55.3 Å². The molecule has 29 heavy (non-hydrogen) atoms. The van der Waals surface area contributed by atoms with E-state index in [1.807, 2.05) is 0 Å². The van der Waals surface area contributed by atoms with Gasteiger partial charge in [0.2, 0.25) is 0 Å². The maximum Gasteiger partial charge on any atom is 0.337 e. The number of esters is 2. The number of phenolic OH excluding ortho intramolecular Hbond substituents is 1. The van der Waals surface area contributed by atoms with Crippen LogP contribution in [0, 0.1) is 11.8 Å². The van der Waals surface area contributed by atoms with Crippen LogP contribution in [0.15, 0.2) is 18.2 Å². The van der Waals surface area contributed by atoms with Crippen LogP contribution in [0.2, 0.25) is 0 Å². The Kier molecular flexibility index (Phi) is 8.53. The van der Waals surface area contributed by atoms with Gasteiger partial charge >= 0.3 is 11.9 Å². The van der Waals surface area contributed by atoms with Gasteiger partial charge in [0, 0.05) is 5.56 Å². The normalized spacial score (nSPS) is 15.3. The first kappa shape index (κ1) is 22.8. The quantitative estimate of drug-likeness (QED) is 0.558. The Bertz CT molecular complexity index is 767. The molecule has 0 saturated heterocycles. The van der Waals surface area contributed by atoms with Gasteiger partial charge in [0.25, 0.3) is 0 Å². The van der Waals surface area contributed by atoms with E-state index in [-0.39, 0.29) is 12.4 Å². The Hall–Kier alpha value is -2.52. The molecule has 6 heteroatoms. The standard InChI is InChI=1S/C23H31NO5/c1-4-24(5-2)15-9-10-16-29-22(27)23(13-7-6-8-14-23)19-17-18(21(26)28-3)11-12-20(19)25/h11-12,17,25H,4-8,13-16H2,1-3H3. The van der Waals surface area contributed by atoms with Gasteiger partial charge in [0.1, 0.15) is 5.75 Å². The maximum atomic E-state index is 13.1. The number of hydrogen-bond donors (Lipinski definition) is 1. The minimum absolute atomic E-state index is 0.0101. The van der Waals surface area contributed by atoms with Crippen LogP contribution in [0.3, 0.4) is 0 Å². The van der Waals surface area contributed by atoms with E-state index in [4.69, 9.17) is 9.47 Å². The summed E-state index contributed by atoms with van der Waals surface area (Å²) in [5.74, 6) is 5.02. The number of ether oxygens (including phenoxy) is 2. The third-order valence-electron chi connectivity index (χ3n) is 5.63. The van der Waals surface area contributed by atoms with Gasteiger partial charge in [-0.1, -0.05) is 45.0 Å². The molecular weight excluding hydrogens is 370 g/mol. The summed E-state index contributed by atoms with van der Waals surface area (Å²) in [6, 6.07) is 4.49. The highest BCUT2D eigenvalue weighted by atomic mass is 16.5. The predicted molar refractivity (Wildman–Crippen MR) is 111 cm³/mol. The SMILES string of the molecule is CCN(CC)CC#CCOC(=O)C1(c2cc(C(=O)OC)ccc2O)CCCCC1. The Labute approximate surface area is 173 Å². The number of nitrogens with zero attached hydrogens (tertiary/aromatic N) is 1. The molecule has 0 unspecified atom stereocenters. The van der Waals surface area contributed by atoms with Gasteiger partial charge in [-0.2, -0.15) is 0 Å². The molecule has 6 nitrogen and oxygen atoms in total. The first-order valence-corrected chi connectivity index (χ1v) is 10.3. The van der Waals surface area contributed by atoms with Crippen molar-refractivity contribution in [1.29, 1.82) is 0 Å². The zero-order chi connectivity index (χ0) is 21.3. The highest BCUT2D eigenvalue weighted by molar-refractivity contribution is 5.91. The molecule has 0 bridgehead atoms. The summed E-state index contributed by atoms with van der Waals surface area (Å²) in [4.78, 5) is 27.2. The van der Waals surface area contributed by atoms with Gasteiger partial charge in [-0.3, -0.25) is 9.69 Å². The summed E-state index contributed by atoms with van der Waals surface area (Å²) < 4.78 is 10.3. The lowest BCUT2D eigenvalue weighted by atomic mass is 9.69. The molecule has 2 rings (SSSR count). The van der Waals surface area contributed by atoms with Crippen molar-refractivity contribution in [3.63, 3.8) is 0 Å². The van der Waals surface area contributed by atoms with Gasteiger partial charge in [-0.05, 0) is 44.1 Å². The molecule has 0 aliphatic heterocycles. The monoisotopic (exact) mass is 401 g/mol. The average Bonchev–Trinajstić information content (AvgIpc) is 2.76. The fraction of sp³-hybridized carbons (Fsp3) is 0.565. The van der Waals surface area contributed by atoms with Gasteiger partial charge in [-0.25, -0.2) is 4.79 Å². The van der Waals surface area contributed by atoms with Crippen molar-refractivity contribution in [3.05, 3.63) is 29.3 Å². The minimum Gasteiger partial charge on any atom is -0.508 e. The van der Waals surface area contributed by atoms with Crippen LogP contribution in [0.5, 0.6) is 5.75 Å². The number of hydrogen-bond acceptors (Lipinski definition) is 6. The minimum atomic E-state index is -0.965. The summed E-state index contributed by atoms with van der Waals surface area (Å²) in [6.07, 6.45) is 3.86. The molecular formula is C23H31NO5. The molecule has 1 fully saturated rings. The van der Waals surface area contributed by atoms with Crippen LogP contribution in [0.1, 0.15) is 61.9 Å². The molecule has 1 saturated carbocycles. The summed E-state index contributed by atoms with van der Waals surface area (Å²) >= 11 is 0. The van der Waals surface area contributed by atoms with Crippen LogP contribution >= 0.6 is 0 Å². The molecule has 0 heterocycles. The lowest BCUT2D eigenvalue weighted by molar-refractivity contribution is -0.150. The molecule has 0 spiro atoms. The summed E-state index contributed by atoms with van der Waals surface area (Å²) in [7, 11) is 1.30. The fourth-order valence-corrected chi connectivity index (χ4v) is 3.81. The Morgan fingerprint density at radius 3 is 2.45 bits per heavy atom. The van der Waals surface area contributed by atoms with Crippen LogP contribution in [0.25, 0.3) is 0 Å². The highest BCUT2D eigenvalue weighted by Gasteiger charge is 2.44. The zero-order valence-corrected chi connectivity index (χ0v) is 17.6. The molecule has 0 radical (unpaired) electrons. The Morgan fingerprint density at radius 1 is 1.14 bits per heavy atom. The molecule has 0 amide bonds. The Morgan fingerprint density at radius 2 is 1.83 bits per heavy atom. The van der Waals surface area contributed by atoms with E-state index in [9.17, 15) is 14.7 Å². The third kappa shape index (κ3) is 5.51. The van der Waals surface area contributed by atoms with Crippen molar-refractivity contribution in [1.82, 2.24) is 4.90 Å². The number of phenols is 1. The molecule has 1 aromatic rings. The first-order chi connectivity index (χ1) is 14.0. The predicted octanol–water partition coefficient (Wildman–Crippen LogP) is 3.27. The first-order valence-electron chi connectivity index (χ1n) is 10.3. The van der Waals surface area contributed by atoms with E-state index in [2.05, 4.69) is 30.6 Å². The fourth-order valence-electron chi connectivity index (χ4n) is 3.81. The number of carbonyl (C=O) groups is 2. The molecule has 0 atom stereocenters. The summed E-state index contributed by atoms with van der Waals surface area (Å²) in [5.41, 5.74) is -0.231. The van der Waals surface area contributed by atoms with Gasteiger partial charge in [0.05, 0.1) is 24.6 Å². The van der Waals surface area contributed by atoms with Crippen LogP contribution < -0.4 is 0 Å². The van der Waals surface area contributed by atoms with Crippen LogP contribution in [-0.2, 0) is 19.7 Å². The highest BCUT2D eigenvalue weighted by Crippen LogP contribution is 2.44. The Balaban J connectivity index is 2.21. The summed E-state index contributed by atoms with van der Waals surface area (Å²) in [6.45, 7) is 6.64. The smallest absolute Gasteiger partial charge is 0.337 e. The lowest BCUT2D eigenvalue weighted by Gasteiger charge is -2.35. The second-order valence-corrected chi connectivity index (χ2v) is 7.26. The number of benzene rings is 1. The summed E-state index contributed by atoms with van der Waals surface area (Å²) in [5, 5.41) is 10.5. The number of aromatic hydroxyl groups is 1. The van der Waals surface area contributed by atoms with Gasteiger partial charge in [-0.15, -0.1) is 0 Å². The van der Waals surface area contributed by atoms with E-state index in [1.165, 1.54) is 19.2 Å². The molecule has 1 N–H and O–H groups in total. The second kappa shape index (κ2) is 10.9. The topological polar surface area (TPSA) is 76.1 Å². The van der Waals surface area contributed by atoms with E-state index < -0.39 is 17.4 Å². The van der Waals surface area contributed by atoms with Crippen molar-refractivity contribution < 1.29 is 24.2 Å². The van der Waals surface area contributed by atoms with E-state index in [1.54, 1.807) is 6.07 Å². The molecule has 1 aliphatic rings. The van der Waals surface area contributed by atoms with E-state index in [0.717, 1.165) is 32.4 Å². The van der Waals surface area contributed by atoms with E-state index in [0.29, 0.717) is 30.5 Å². The van der Waals surface area contributed by atoms with Crippen molar-refractivity contribution >= 4 is 11.9 Å². The number of methoxy groups -OCH3 is 1. The molecule has 1 aliphatic carbocycles. The largest absolute Gasteiger partial charge is 0.508 e. The second-order valence-electron chi connectivity index (χ2n) is 7.26.